The highest BCUT2D eigenvalue weighted by Gasteiger charge is 2.21. The van der Waals surface area contributed by atoms with Gasteiger partial charge in [-0.1, -0.05) is 29.4 Å². The maximum Gasteiger partial charge on any atom is 0.283 e. The first-order valence-corrected chi connectivity index (χ1v) is 8.08. The number of benzene rings is 2. The molecular weight excluding hydrogens is 366 g/mol. The molecule has 1 amide bonds. The highest BCUT2D eigenvalue weighted by Crippen LogP contribution is 2.37. The predicted octanol–water partition coefficient (Wildman–Crippen LogP) is 3.28. The van der Waals surface area contributed by atoms with E-state index in [-0.39, 0.29) is 17.1 Å². The number of rotatable bonds is 5. The topological polar surface area (TPSA) is 128 Å². The lowest BCUT2D eigenvalue weighted by molar-refractivity contribution is -0.387. The number of primary amides is 1. The van der Waals surface area contributed by atoms with E-state index in [0.717, 1.165) is 4.90 Å². The average Bonchev–Trinajstić information content (AvgIpc) is 3.07. The Bertz CT molecular complexity index is 958. The monoisotopic (exact) mass is 375 g/mol. The molecule has 0 bridgehead atoms. The van der Waals surface area contributed by atoms with Crippen LogP contribution in [0.3, 0.4) is 0 Å². The number of nitrogens with one attached hydrogen (secondary N) is 1. The van der Waals surface area contributed by atoms with Gasteiger partial charge in [0.15, 0.2) is 5.69 Å². The van der Waals surface area contributed by atoms with Crippen molar-refractivity contribution in [1.29, 1.82) is 0 Å². The summed E-state index contributed by atoms with van der Waals surface area (Å²) in [4.78, 5) is 23.6. The molecule has 3 rings (SSSR count). The molecule has 0 aliphatic heterocycles. The highest BCUT2D eigenvalue weighted by atomic mass is 35.5. The number of nitro groups is 1. The quantitative estimate of drug-likeness (QED) is 0.520. The van der Waals surface area contributed by atoms with Crippen LogP contribution >= 0.6 is 23.4 Å². The molecule has 0 spiro atoms. The average molecular weight is 376 g/mol. The van der Waals surface area contributed by atoms with Crippen molar-refractivity contribution in [3.63, 3.8) is 0 Å². The van der Waals surface area contributed by atoms with Gasteiger partial charge in [-0.15, -0.1) is 0 Å². The van der Waals surface area contributed by atoms with E-state index in [2.05, 4.69) is 15.4 Å². The Morgan fingerprint density at radius 1 is 1.20 bits per heavy atom. The van der Waals surface area contributed by atoms with Crippen LogP contribution in [0.4, 0.5) is 5.69 Å². The molecule has 0 saturated heterocycles. The molecule has 1 heterocycles. The fourth-order valence-electron chi connectivity index (χ4n) is 2.13. The van der Waals surface area contributed by atoms with Crippen molar-refractivity contribution >= 4 is 35.0 Å². The summed E-state index contributed by atoms with van der Waals surface area (Å²) < 4.78 is 0. The second-order valence-corrected chi connectivity index (χ2v) is 6.43. The molecule has 3 aromatic rings. The summed E-state index contributed by atoms with van der Waals surface area (Å²) in [7, 11) is 0. The number of carbonyl (C=O) groups excluding carboxylic acids is 1. The Morgan fingerprint density at radius 3 is 2.56 bits per heavy atom. The molecular formula is C15H10ClN5O3S. The normalized spacial score (nSPS) is 10.6. The zero-order valence-corrected chi connectivity index (χ0v) is 14.0. The van der Waals surface area contributed by atoms with Gasteiger partial charge in [0, 0.05) is 21.5 Å². The summed E-state index contributed by atoms with van der Waals surface area (Å²) in [5, 5.41) is 21.8. The number of nitrogens with two attached hydrogens (primary N) is 1. The first kappa shape index (κ1) is 16.9. The van der Waals surface area contributed by atoms with Crippen LogP contribution in [0.15, 0.2) is 52.3 Å². The molecule has 0 unspecified atom stereocenters. The van der Waals surface area contributed by atoms with Crippen LogP contribution in [0.25, 0.3) is 11.3 Å². The van der Waals surface area contributed by atoms with E-state index >= 15 is 0 Å². The Hall–Kier alpha value is -2.91. The Labute approximate surface area is 150 Å². The zero-order chi connectivity index (χ0) is 18.0. The van der Waals surface area contributed by atoms with Gasteiger partial charge < -0.3 is 5.73 Å². The lowest BCUT2D eigenvalue weighted by atomic mass is 10.1. The van der Waals surface area contributed by atoms with Crippen molar-refractivity contribution in [1.82, 2.24) is 15.4 Å². The number of nitrogens with zero attached hydrogens (tertiary/aromatic N) is 3. The van der Waals surface area contributed by atoms with Crippen molar-refractivity contribution in [2.45, 2.75) is 9.79 Å². The minimum absolute atomic E-state index is 0.0765. The van der Waals surface area contributed by atoms with Gasteiger partial charge in [-0.3, -0.25) is 14.9 Å². The fourth-order valence-corrected chi connectivity index (χ4v) is 3.15. The third kappa shape index (κ3) is 3.62. The molecule has 0 aliphatic carbocycles. The van der Waals surface area contributed by atoms with Gasteiger partial charge in [-0.05, 0) is 30.3 Å². The van der Waals surface area contributed by atoms with Gasteiger partial charge >= 0.3 is 0 Å². The smallest absolute Gasteiger partial charge is 0.283 e. The molecule has 3 N–H and O–H groups in total. The number of hydrogen-bond acceptors (Lipinski definition) is 6. The highest BCUT2D eigenvalue weighted by molar-refractivity contribution is 7.99. The van der Waals surface area contributed by atoms with Gasteiger partial charge in [0.25, 0.3) is 11.6 Å². The van der Waals surface area contributed by atoms with E-state index in [4.69, 9.17) is 17.3 Å². The van der Waals surface area contributed by atoms with Gasteiger partial charge in [0.2, 0.25) is 0 Å². The minimum Gasteiger partial charge on any atom is -0.364 e. The predicted molar refractivity (Wildman–Crippen MR) is 92.6 cm³/mol. The van der Waals surface area contributed by atoms with Crippen molar-refractivity contribution in [2.75, 3.05) is 0 Å². The number of amides is 1. The number of carbonyl (C=O) groups is 1. The second-order valence-electron chi connectivity index (χ2n) is 4.88. The number of H-pyrrole nitrogens is 1. The van der Waals surface area contributed by atoms with E-state index in [0.29, 0.717) is 15.5 Å². The third-order valence-corrected chi connectivity index (χ3v) is 4.58. The van der Waals surface area contributed by atoms with Crippen molar-refractivity contribution in [3.8, 4) is 11.3 Å². The van der Waals surface area contributed by atoms with Crippen LogP contribution in [-0.2, 0) is 0 Å². The largest absolute Gasteiger partial charge is 0.364 e. The van der Waals surface area contributed by atoms with Crippen LogP contribution in [-0.4, -0.2) is 26.2 Å². The summed E-state index contributed by atoms with van der Waals surface area (Å²) in [6, 6.07) is 11.5. The summed E-state index contributed by atoms with van der Waals surface area (Å²) in [5.74, 6) is -0.772. The minimum atomic E-state index is -0.772. The molecule has 2 aromatic carbocycles. The van der Waals surface area contributed by atoms with Gasteiger partial charge in [-0.2, -0.15) is 15.4 Å². The second kappa shape index (κ2) is 6.91. The summed E-state index contributed by atoms with van der Waals surface area (Å²) >= 11 is 7.08. The SMILES string of the molecule is NC(=O)c1n[nH]nc1-c1ccc(Sc2ccc(Cl)cc2)c([N+](=O)[O-])c1. The number of aromatic nitrogens is 3. The molecule has 0 atom stereocenters. The Kier molecular flexibility index (Phi) is 4.68. The molecule has 10 heteroatoms. The first-order valence-electron chi connectivity index (χ1n) is 6.88. The van der Waals surface area contributed by atoms with Crippen LogP contribution < -0.4 is 5.73 Å². The molecule has 0 saturated carbocycles. The van der Waals surface area contributed by atoms with Crippen LogP contribution in [0.1, 0.15) is 10.5 Å². The molecule has 0 fully saturated rings. The maximum atomic E-state index is 11.4. The van der Waals surface area contributed by atoms with Crippen LogP contribution in [0.5, 0.6) is 0 Å². The Balaban J connectivity index is 2.01. The van der Waals surface area contributed by atoms with E-state index < -0.39 is 10.8 Å². The fraction of sp³-hybridized carbons (Fsp3) is 0. The zero-order valence-electron chi connectivity index (χ0n) is 12.5. The summed E-state index contributed by atoms with van der Waals surface area (Å²) in [6.07, 6.45) is 0. The lowest BCUT2D eigenvalue weighted by Gasteiger charge is -2.05. The van der Waals surface area contributed by atoms with E-state index in [1.54, 1.807) is 36.4 Å². The summed E-state index contributed by atoms with van der Waals surface area (Å²) in [5.41, 5.74) is 5.57. The van der Waals surface area contributed by atoms with Crippen LogP contribution in [0, 0.1) is 10.1 Å². The number of halogens is 1. The summed E-state index contributed by atoms with van der Waals surface area (Å²) in [6.45, 7) is 0. The first-order chi connectivity index (χ1) is 12.0. The molecule has 8 nitrogen and oxygen atoms in total. The number of aromatic amines is 1. The maximum absolute atomic E-state index is 11.4. The van der Waals surface area contributed by atoms with E-state index in [1.807, 2.05) is 0 Å². The van der Waals surface area contributed by atoms with Gasteiger partial charge in [-0.25, -0.2) is 0 Å². The van der Waals surface area contributed by atoms with Crippen molar-refractivity contribution in [2.24, 2.45) is 5.73 Å². The van der Waals surface area contributed by atoms with E-state index in [1.165, 1.54) is 17.8 Å². The van der Waals surface area contributed by atoms with Crippen molar-refractivity contribution in [3.05, 3.63) is 63.3 Å². The Morgan fingerprint density at radius 2 is 1.92 bits per heavy atom. The van der Waals surface area contributed by atoms with E-state index in [9.17, 15) is 14.9 Å². The van der Waals surface area contributed by atoms with Crippen LogP contribution in [0.2, 0.25) is 5.02 Å². The molecule has 1 aromatic heterocycles. The number of nitro benzene ring substituents is 1. The van der Waals surface area contributed by atoms with Gasteiger partial charge in [0.05, 0.1) is 9.82 Å². The molecule has 0 aliphatic rings. The molecule has 126 valence electrons. The molecule has 0 radical (unpaired) electrons. The van der Waals surface area contributed by atoms with Gasteiger partial charge in [0.1, 0.15) is 5.69 Å². The van der Waals surface area contributed by atoms with Crippen molar-refractivity contribution < 1.29 is 9.72 Å². The lowest BCUT2D eigenvalue weighted by Crippen LogP contribution is -2.12. The number of hydrogen-bond donors (Lipinski definition) is 2. The molecule has 25 heavy (non-hydrogen) atoms. The third-order valence-electron chi connectivity index (χ3n) is 3.25. The standard InChI is InChI=1S/C15H10ClN5O3S/c16-9-2-4-10(5-3-9)25-12-6-1-8(7-11(12)21(23)24)13-14(15(17)22)19-20-18-13/h1-7H,(H2,17,22)(H,18,19,20).